The summed E-state index contributed by atoms with van der Waals surface area (Å²) in [6.45, 7) is 4.14. The number of H-pyrrole nitrogens is 2. The fraction of sp³-hybridized carbons (Fsp3) is 0.312. The molecule has 0 bridgehead atoms. The lowest BCUT2D eigenvalue weighted by atomic mass is 10.1. The number of aromatic amines is 2. The molecule has 3 N–H and O–H groups in total. The minimum Gasteiger partial charge on any atom is -0.357 e. The highest BCUT2D eigenvalue weighted by Crippen LogP contribution is 2.25. The van der Waals surface area contributed by atoms with Crippen molar-refractivity contribution in [1.82, 2.24) is 25.3 Å². The number of hydrogen-bond acceptors (Lipinski definition) is 3. The molecule has 0 unspecified atom stereocenters. The Morgan fingerprint density at radius 1 is 1.27 bits per heavy atom. The SMILES string of the molecule is CCC(CC)NC(=O)c1cc(-c2ncnc3[nH]ccc23)c[nH]1. The van der Waals surface area contributed by atoms with Gasteiger partial charge in [-0.05, 0) is 25.0 Å². The summed E-state index contributed by atoms with van der Waals surface area (Å²) < 4.78 is 0. The van der Waals surface area contributed by atoms with E-state index in [1.807, 2.05) is 18.3 Å². The maximum absolute atomic E-state index is 12.2. The van der Waals surface area contributed by atoms with E-state index in [1.54, 1.807) is 6.20 Å². The van der Waals surface area contributed by atoms with Gasteiger partial charge < -0.3 is 15.3 Å². The van der Waals surface area contributed by atoms with Crippen molar-refractivity contribution in [3.05, 3.63) is 36.5 Å². The summed E-state index contributed by atoms with van der Waals surface area (Å²) in [5, 5.41) is 3.96. The normalized spacial score (nSPS) is 11.2. The highest BCUT2D eigenvalue weighted by Gasteiger charge is 2.15. The molecule has 0 spiro atoms. The standard InChI is InChI=1S/C16H19N5O/c1-3-11(4-2)21-16(22)13-7-10(8-18-13)14-12-5-6-17-15(12)20-9-19-14/h5-9,11,18H,3-4H2,1-2H3,(H,21,22)(H,17,19,20). The Balaban J connectivity index is 1.88. The average Bonchev–Trinajstić information content (AvgIpc) is 3.20. The summed E-state index contributed by atoms with van der Waals surface area (Å²) in [6, 6.07) is 3.96. The number of amides is 1. The molecule has 3 rings (SSSR count). The first-order valence-electron chi connectivity index (χ1n) is 7.50. The molecule has 0 saturated heterocycles. The summed E-state index contributed by atoms with van der Waals surface area (Å²) in [4.78, 5) is 26.8. The second-order valence-electron chi connectivity index (χ2n) is 5.25. The number of nitrogens with zero attached hydrogens (tertiary/aromatic N) is 2. The summed E-state index contributed by atoms with van der Waals surface area (Å²) in [5.74, 6) is -0.0840. The van der Waals surface area contributed by atoms with Gasteiger partial charge in [-0.1, -0.05) is 13.8 Å². The topological polar surface area (TPSA) is 86.5 Å². The highest BCUT2D eigenvalue weighted by molar-refractivity contribution is 5.96. The number of fused-ring (bicyclic) bond motifs is 1. The molecule has 6 heteroatoms. The third-order valence-corrected chi connectivity index (χ3v) is 3.88. The van der Waals surface area contributed by atoms with Crippen LogP contribution in [0, 0.1) is 0 Å². The van der Waals surface area contributed by atoms with E-state index in [-0.39, 0.29) is 11.9 Å². The van der Waals surface area contributed by atoms with Crippen LogP contribution in [0.2, 0.25) is 0 Å². The summed E-state index contributed by atoms with van der Waals surface area (Å²) in [7, 11) is 0. The second kappa shape index (κ2) is 6.01. The van der Waals surface area contributed by atoms with Crippen molar-refractivity contribution < 1.29 is 4.79 Å². The summed E-state index contributed by atoms with van der Waals surface area (Å²) in [5.41, 5.74) is 3.02. The van der Waals surface area contributed by atoms with Gasteiger partial charge >= 0.3 is 0 Å². The zero-order valence-corrected chi connectivity index (χ0v) is 12.7. The fourth-order valence-corrected chi connectivity index (χ4v) is 2.52. The Bertz CT molecular complexity index is 785. The predicted octanol–water partition coefficient (Wildman–Crippen LogP) is 2.87. The molecular weight excluding hydrogens is 278 g/mol. The molecule has 0 saturated carbocycles. The molecule has 0 aliphatic carbocycles. The van der Waals surface area contributed by atoms with Gasteiger partial charge in [-0.3, -0.25) is 4.79 Å². The summed E-state index contributed by atoms with van der Waals surface area (Å²) >= 11 is 0. The first-order chi connectivity index (χ1) is 10.7. The lowest BCUT2D eigenvalue weighted by molar-refractivity contribution is 0.0930. The monoisotopic (exact) mass is 297 g/mol. The molecule has 0 fully saturated rings. The lowest BCUT2D eigenvalue weighted by Gasteiger charge is -2.13. The number of nitrogens with one attached hydrogen (secondary N) is 3. The van der Waals surface area contributed by atoms with E-state index >= 15 is 0 Å². The van der Waals surface area contributed by atoms with Crippen molar-refractivity contribution >= 4 is 16.9 Å². The van der Waals surface area contributed by atoms with Crippen molar-refractivity contribution in [1.29, 1.82) is 0 Å². The summed E-state index contributed by atoms with van der Waals surface area (Å²) in [6.07, 6.45) is 7.00. The van der Waals surface area contributed by atoms with Crippen molar-refractivity contribution in [2.75, 3.05) is 0 Å². The minimum absolute atomic E-state index is 0.0840. The molecule has 114 valence electrons. The Kier molecular flexibility index (Phi) is 3.91. The van der Waals surface area contributed by atoms with E-state index in [4.69, 9.17) is 0 Å². The van der Waals surface area contributed by atoms with Gasteiger partial charge in [0.25, 0.3) is 5.91 Å². The van der Waals surface area contributed by atoms with Crippen LogP contribution in [0.15, 0.2) is 30.9 Å². The largest absolute Gasteiger partial charge is 0.357 e. The van der Waals surface area contributed by atoms with Crippen LogP contribution in [0.3, 0.4) is 0 Å². The Morgan fingerprint density at radius 3 is 2.86 bits per heavy atom. The molecule has 0 aromatic carbocycles. The molecule has 22 heavy (non-hydrogen) atoms. The van der Waals surface area contributed by atoms with Gasteiger partial charge in [0.05, 0.1) is 5.69 Å². The fourth-order valence-electron chi connectivity index (χ4n) is 2.52. The van der Waals surface area contributed by atoms with Gasteiger partial charge in [0.1, 0.15) is 17.7 Å². The zero-order valence-electron chi connectivity index (χ0n) is 12.7. The molecular formula is C16H19N5O. The molecule has 3 aromatic heterocycles. The van der Waals surface area contributed by atoms with Crippen LogP contribution in [0.1, 0.15) is 37.2 Å². The Morgan fingerprint density at radius 2 is 2.09 bits per heavy atom. The molecule has 3 aromatic rings. The second-order valence-corrected chi connectivity index (χ2v) is 5.25. The first-order valence-corrected chi connectivity index (χ1v) is 7.50. The van der Waals surface area contributed by atoms with Crippen LogP contribution < -0.4 is 5.32 Å². The molecule has 0 aliphatic heterocycles. The smallest absolute Gasteiger partial charge is 0.267 e. The van der Waals surface area contributed by atoms with E-state index in [0.29, 0.717) is 5.69 Å². The van der Waals surface area contributed by atoms with Gasteiger partial charge in [-0.25, -0.2) is 9.97 Å². The maximum Gasteiger partial charge on any atom is 0.267 e. The molecule has 6 nitrogen and oxygen atoms in total. The van der Waals surface area contributed by atoms with Gasteiger partial charge in [0.2, 0.25) is 0 Å². The third-order valence-electron chi connectivity index (χ3n) is 3.88. The predicted molar refractivity (Wildman–Crippen MR) is 85.5 cm³/mol. The number of aromatic nitrogens is 4. The van der Waals surface area contributed by atoms with Crippen LogP contribution in [-0.2, 0) is 0 Å². The van der Waals surface area contributed by atoms with Crippen LogP contribution in [0.25, 0.3) is 22.3 Å². The number of hydrogen-bond donors (Lipinski definition) is 3. The van der Waals surface area contributed by atoms with Crippen molar-refractivity contribution in [2.24, 2.45) is 0 Å². The quantitative estimate of drug-likeness (QED) is 0.676. The van der Waals surface area contributed by atoms with Crippen LogP contribution >= 0.6 is 0 Å². The van der Waals surface area contributed by atoms with E-state index in [2.05, 4.69) is 39.1 Å². The van der Waals surface area contributed by atoms with Crippen molar-refractivity contribution in [2.45, 2.75) is 32.7 Å². The Hall–Kier alpha value is -2.63. The number of carbonyl (C=O) groups excluding carboxylic acids is 1. The van der Waals surface area contributed by atoms with Crippen molar-refractivity contribution in [3.63, 3.8) is 0 Å². The zero-order chi connectivity index (χ0) is 15.5. The third kappa shape index (κ3) is 2.59. The van der Waals surface area contributed by atoms with Crippen LogP contribution in [0.4, 0.5) is 0 Å². The molecule has 3 heterocycles. The minimum atomic E-state index is -0.0840. The Labute approximate surface area is 128 Å². The van der Waals surface area contributed by atoms with Gasteiger partial charge in [-0.15, -0.1) is 0 Å². The molecule has 1 amide bonds. The molecule has 0 atom stereocenters. The van der Waals surface area contributed by atoms with Gasteiger partial charge in [0, 0.05) is 29.4 Å². The first kappa shape index (κ1) is 14.3. The van der Waals surface area contributed by atoms with E-state index in [9.17, 15) is 4.79 Å². The van der Waals surface area contributed by atoms with Gasteiger partial charge in [0.15, 0.2) is 0 Å². The van der Waals surface area contributed by atoms with Gasteiger partial charge in [-0.2, -0.15) is 0 Å². The van der Waals surface area contributed by atoms with E-state index < -0.39 is 0 Å². The lowest BCUT2D eigenvalue weighted by Crippen LogP contribution is -2.33. The van der Waals surface area contributed by atoms with Crippen LogP contribution in [-0.4, -0.2) is 31.9 Å². The number of rotatable bonds is 5. The molecule has 0 aliphatic rings. The van der Waals surface area contributed by atoms with Crippen LogP contribution in [0.5, 0.6) is 0 Å². The number of carbonyl (C=O) groups is 1. The molecule has 0 radical (unpaired) electrons. The highest BCUT2D eigenvalue weighted by atomic mass is 16.1. The van der Waals surface area contributed by atoms with E-state index in [1.165, 1.54) is 6.33 Å². The average molecular weight is 297 g/mol. The van der Waals surface area contributed by atoms with Crippen molar-refractivity contribution in [3.8, 4) is 11.3 Å². The van der Waals surface area contributed by atoms with E-state index in [0.717, 1.165) is 35.1 Å². The maximum atomic E-state index is 12.2.